The second-order valence-electron chi connectivity index (χ2n) is 6.61. The number of nitrogen functional groups attached to an aromatic ring is 1. The Hall–Kier alpha value is -2.77. The molecule has 0 amide bonds. The summed E-state index contributed by atoms with van der Waals surface area (Å²) in [6.45, 7) is 2.70. The molecule has 8 nitrogen and oxygen atoms in total. The molecule has 2 heterocycles. The lowest BCUT2D eigenvalue weighted by Gasteiger charge is -2.03. The lowest BCUT2D eigenvalue weighted by atomic mass is 10.1. The summed E-state index contributed by atoms with van der Waals surface area (Å²) in [5.74, 6) is 0.249. The largest absolute Gasteiger partial charge is 0.476 e. The standard InChI is InChI=1S/C17H24N6O2/c1-10-13(16(19)20-15(10)11-5-6-11)8-12(18)4-2-3-7-23-9-14(17(24)25)21-22-23/h8-9,11,20H,2-7,18-19H2,1H3,(H,24,25)/b12-8-. The van der Waals surface area contributed by atoms with Crippen molar-refractivity contribution in [2.75, 3.05) is 5.73 Å². The summed E-state index contributed by atoms with van der Waals surface area (Å²) in [7, 11) is 0. The average molecular weight is 344 g/mol. The Morgan fingerprint density at radius 2 is 2.24 bits per heavy atom. The van der Waals surface area contributed by atoms with Crippen LogP contribution in [0, 0.1) is 6.92 Å². The third-order valence-electron chi connectivity index (χ3n) is 4.54. The first-order chi connectivity index (χ1) is 12.0. The van der Waals surface area contributed by atoms with Crippen LogP contribution < -0.4 is 11.5 Å². The molecule has 3 rings (SSSR count). The molecule has 0 spiro atoms. The summed E-state index contributed by atoms with van der Waals surface area (Å²) >= 11 is 0. The number of carboxylic acid groups (broad SMARTS) is 1. The van der Waals surface area contributed by atoms with Gasteiger partial charge in [-0.05, 0) is 56.6 Å². The quantitative estimate of drug-likeness (QED) is 0.542. The van der Waals surface area contributed by atoms with Crippen molar-refractivity contribution >= 4 is 17.9 Å². The number of nitrogens with zero attached hydrogens (tertiary/aromatic N) is 3. The Labute approximate surface area is 145 Å². The van der Waals surface area contributed by atoms with Gasteiger partial charge in [-0.2, -0.15) is 0 Å². The zero-order valence-electron chi connectivity index (χ0n) is 14.3. The van der Waals surface area contributed by atoms with Crippen LogP contribution in [-0.4, -0.2) is 31.1 Å². The molecule has 0 atom stereocenters. The van der Waals surface area contributed by atoms with Crippen LogP contribution in [0.25, 0.3) is 6.08 Å². The van der Waals surface area contributed by atoms with Crippen molar-refractivity contribution < 1.29 is 9.90 Å². The number of nitrogens with two attached hydrogens (primary N) is 2. The lowest BCUT2D eigenvalue weighted by molar-refractivity contribution is 0.0690. The van der Waals surface area contributed by atoms with E-state index in [0.717, 1.165) is 30.5 Å². The zero-order valence-corrected chi connectivity index (χ0v) is 14.3. The van der Waals surface area contributed by atoms with Gasteiger partial charge in [0, 0.05) is 23.5 Å². The molecular weight excluding hydrogens is 320 g/mol. The highest BCUT2D eigenvalue weighted by Crippen LogP contribution is 2.43. The summed E-state index contributed by atoms with van der Waals surface area (Å²) < 4.78 is 1.54. The Balaban J connectivity index is 1.51. The maximum atomic E-state index is 10.8. The van der Waals surface area contributed by atoms with Crippen molar-refractivity contribution in [3.8, 4) is 0 Å². The van der Waals surface area contributed by atoms with E-state index in [2.05, 4.69) is 22.2 Å². The number of aromatic amines is 1. The predicted octanol–water partition coefficient (Wildman–Crippen LogP) is 2.24. The minimum Gasteiger partial charge on any atom is -0.476 e. The van der Waals surface area contributed by atoms with Gasteiger partial charge in [-0.1, -0.05) is 5.21 Å². The van der Waals surface area contributed by atoms with Crippen LogP contribution in [0.5, 0.6) is 0 Å². The predicted molar refractivity (Wildman–Crippen MR) is 94.9 cm³/mol. The number of H-pyrrole nitrogens is 1. The van der Waals surface area contributed by atoms with Crippen molar-refractivity contribution in [1.29, 1.82) is 0 Å². The number of aromatic nitrogens is 4. The van der Waals surface area contributed by atoms with Gasteiger partial charge in [-0.3, -0.25) is 4.68 Å². The smallest absolute Gasteiger partial charge is 0.358 e. The number of unbranched alkanes of at least 4 members (excludes halogenated alkanes) is 1. The highest BCUT2D eigenvalue weighted by Gasteiger charge is 2.28. The van der Waals surface area contributed by atoms with Gasteiger partial charge in [-0.25, -0.2) is 4.79 Å². The molecule has 2 aromatic rings. The van der Waals surface area contributed by atoms with Crippen LogP contribution in [0.1, 0.15) is 65.3 Å². The number of allylic oxidation sites excluding steroid dienone is 1. The van der Waals surface area contributed by atoms with Crippen LogP contribution in [-0.2, 0) is 6.54 Å². The fourth-order valence-corrected chi connectivity index (χ4v) is 2.99. The van der Waals surface area contributed by atoms with Crippen LogP contribution in [0.3, 0.4) is 0 Å². The number of hydrogen-bond acceptors (Lipinski definition) is 5. The van der Waals surface area contributed by atoms with E-state index in [-0.39, 0.29) is 5.69 Å². The Kier molecular flexibility index (Phi) is 4.78. The molecule has 0 radical (unpaired) electrons. The Morgan fingerprint density at radius 3 is 2.88 bits per heavy atom. The van der Waals surface area contributed by atoms with Crippen molar-refractivity contribution in [3.63, 3.8) is 0 Å². The molecule has 0 aliphatic heterocycles. The average Bonchev–Trinajstić information content (AvgIpc) is 3.23. The molecule has 0 saturated heterocycles. The van der Waals surface area contributed by atoms with E-state index in [4.69, 9.17) is 16.6 Å². The number of nitrogens with one attached hydrogen (secondary N) is 1. The van der Waals surface area contributed by atoms with E-state index in [9.17, 15) is 4.79 Å². The number of anilines is 1. The summed E-state index contributed by atoms with van der Waals surface area (Å²) in [4.78, 5) is 14.0. The topological polar surface area (TPSA) is 136 Å². The van der Waals surface area contributed by atoms with E-state index in [1.165, 1.54) is 30.3 Å². The van der Waals surface area contributed by atoms with Crippen molar-refractivity contribution in [3.05, 3.63) is 34.4 Å². The molecule has 1 aliphatic rings. The number of hydrogen-bond donors (Lipinski definition) is 4. The van der Waals surface area contributed by atoms with Gasteiger partial charge < -0.3 is 21.6 Å². The van der Waals surface area contributed by atoms with Crippen molar-refractivity contribution in [1.82, 2.24) is 20.0 Å². The Bertz CT molecular complexity index is 800. The zero-order chi connectivity index (χ0) is 18.0. The lowest BCUT2D eigenvalue weighted by Crippen LogP contribution is -2.02. The Morgan fingerprint density at radius 1 is 1.48 bits per heavy atom. The summed E-state index contributed by atoms with van der Waals surface area (Å²) in [6.07, 6.45) is 8.32. The minimum absolute atomic E-state index is 0.0377. The monoisotopic (exact) mass is 344 g/mol. The van der Waals surface area contributed by atoms with Gasteiger partial charge in [0.15, 0.2) is 5.69 Å². The molecule has 8 heteroatoms. The molecular formula is C17H24N6O2. The number of aryl methyl sites for hydroxylation is 1. The second kappa shape index (κ2) is 7.00. The summed E-state index contributed by atoms with van der Waals surface area (Å²) in [5, 5.41) is 16.2. The number of carbonyl (C=O) groups is 1. The molecule has 6 N–H and O–H groups in total. The first-order valence-corrected chi connectivity index (χ1v) is 8.53. The molecule has 0 aromatic carbocycles. The first kappa shape index (κ1) is 17.1. The van der Waals surface area contributed by atoms with Gasteiger partial charge >= 0.3 is 5.97 Å². The van der Waals surface area contributed by atoms with E-state index in [1.54, 1.807) is 4.68 Å². The van der Waals surface area contributed by atoms with Crippen molar-refractivity contribution in [2.24, 2.45) is 5.73 Å². The second-order valence-corrected chi connectivity index (χ2v) is 6.61. The number of carboxylic acids is 1. The molecule has 134 valence electrons. The van der Waals surface area contributed by atoms with Gasteiger partial charge in [0.2, 0.25) is 0 Å². The molecule has 25 heavy (non-hydrogen) atoms. The minimum atomic E-state index is -1.07. The molecule has 2 aromatic heterocycles. The fourth-order valence-electron chi connectivity index (χ4n) is 2.99. The fraction of sp³-hybridized carbons (Fsp3) is 0.471. The van der Waals surface area contributed by atoms with Crippen LogP contribution in [0.2, 0.25) is 0 Å². The van der Waals surface area contributed by atoms with Crippen LogP contribution >= 0.6 is 0 Å². The van der Waals surface area contributed by atoms with E-state index >= 15 is 0 Å². The van der Waals surface area contributed by atoms with Gasteiger partial charge in [0.25, 0.3) is 0 Å². The summed E-state index contributed by atoms with van der Waals surface area (Å²) in [5.41, 5.74) is 16.4. The normalized spacial score (nSPS) is 14.8. The van der Waals surface area contributed by atoms with Crippen molar-refractivity contribution in [2.45, 2.75) is 51.5 Å². The maximum absolute atomic E-state index is 10.8. The van der Waals surface area contributed by atoms with Crippen LogP contribution in [0.15, 0.2) is 11.9 Å². The number of aromatic carboxylic acids is 1. The van der Waals surface area contributed by atoms with Gasteiger partial charge in [0.1, 0.15) is 5.82 Å². The summed E-state index contributed by atoms with van der Waals surface area (Å²) in [6, 6.07) is 0. The maximum Gasteiger partial charge on any atom is 0.358 e. The molecule has 0 unspecified atom stereocenters. The van der Waals surface area contributed by atoms with E-state index in [1.807, 2.05) is 6.08 Å². The van der Waals surface area contributed by atoms with E-state index in [0.29, 0.717) is 18.3 Å². The molecule has 1 aliphatic carbocycles. The molecule has 1 saturated carbocycles. The molecule has 0 bridgehead atoms. The van der Waals surface area contributed by atoms with Gasteiger partial charge in [-0.15, -0.1) is 5.10 Å². The first-order valence-electron chi connectivity index (χ1n) is 8.53. The van der Waals surface area contributed by atoms with Crippen LogP contribution in [0.4, 0.5) is 5.82 Å². The number of rotatable bonds is 8. The third-order valence-corrected chi connectivity index (χ3v) is 4.54. The SMILES string of the molecule is Cc1c(C2CC2)[nH]c(N)c1/C=C(\N)CCCCn1cc(C(=O)O)nn1. The van der Waals surface area contributed by atoms with E-state index < -0.39 is 5.97 Å². The highest BCUT2D eigenvalue weighted by molar-refractivity contribution is 5.84. The third kappa shape index (κ3) is 4.01. The van der Waals surface area contributed by atoms with Gasteiger partial charge in [0.05, 0.1) is 6.20 Å². The highest BCUT2D eigenvalue weighted by atomic mass is 16.4. The molecule has 1 fully saturated rings.